The minimum Gasteiger partial charge on any atom is -0.393 e. The maximum Gasteiger partial charge on any atom is 0.150 e. The van der Waals surface area contributed by atoms with Gasteiger partial charge < -0.3 is 5.11 Å². The van der Waals surface area contributed by atoms with Gasteiger partial charge in [0.15, 0.2) is 0 Å². The lowest BCUT2D eigenvalue weighted by atomic mass is 10.0. The van der Waals surface area contributed by atoms with Crippen molar-refractivity contribution in [2.24, 2.45) is 17.8 Å². The first-order valence-electron chi connectivity index (χ1n) is 6.93. The Morgan fingerprint density at radius 3 is 2.35 bits per heavy atom. The van der Waals surface area contributed by atoms with E-state index in [4.69, 9.17) is 0 Å². The van der Waals surface area contributed by atoms with Gasteiger partial charge in [-0.3, -0.25) is 0 Å². The van der Waals surface area contributed by atoms with Crippen molar-refractivity contribution in [1.82, 2.24) is 0 Å². The lowest BCUT2D eigenvalue weighted by Gasteiger charge is -2.09. The van der Waals surface area contributed by atoms with Crippen LogP contribution in [-0.2, 0) is 9.84 Å². The molecule has 2 fully saturated rings. The van der Waals surface area contributed by atoms with Crippen LogP contribution in [0.5, 0.6) is 0 Å². The topological polar surface area (TPSA) is 54.4 Å². The first kappa shape index (κ1) is 13.3. The Morgan fingerprint density at radius 1 is 1.24 bits per heavy atom. The van der Waals surface area contributed by atoms with Gasteiger partial charge in [-0.05, 0) is 43.4 Å². The molecule has 2 aliphatic rings. The maximum atomic E-state index is 11.3. The minimum atomic E-state index is -2.86. The summed E-state index contributed by atoms with van der Waals surface area (Å²) in [5.41, 5.74) is 0. The summed E-state index contributed by atoms with van der Waals surface area (Å²) in [7, 11) is -2.86. The van der Waals surface area contributed by atoms with E-state index in [0.29, 0.717) is 18.8 Å². The first-order chi connectivity index (χ1) is 8.05. The molecule has 3 unspecified atom stereocenters. The van der Waals surface area contributed by atoms with Gasteiger partial charge in [0.25, 0.3) is 0 Å². The molecule has 2 saturated carbocycles. The maximum absolute atomic E-state index is 11.3. The summed E-state index contributed by atoms with van der Waals surface area (Å²) in [5.74, 6) is 2.45. The molecule has 1 N–H and O–H groups in total. The molecule has 0 aromatic heterocycles. The normalized spacial score (nSPS) is 34.1. The second kappa shape index (κ2) is 5.27. The summed E-state index contributed by atoms with van der Waals surface area (Å²) in [5, 5.41) is 10.1. The van der Waals surface area contributed by atoms with Gasteiger partial charge in [-0.2, -0.15) is 0 Å². The zero-order chi connectivity index (χ0) is 12.5. The van der Waals surface area contributed by atoms with Gasteiger partial charge >= 0.3 is 0 Å². The van der Waals surface area contributed by atoms with Crippen LogP contribution in [0.4, 0.5) is 0 Å². The molecule has 2 rings (SSSR count). The van der Waals surface area contributed by atoms with Gasteiger partial charge in [-0.25, -0.2) is 8.42 Å². The highest BCUT2D eigenvalue weighted by atomic mass is 32.2. The monoisotopic (exact) mass is 260 g/mol. The molecule has 0 aromatic rings. The second-order valence-electron chi connectivity index (χ2n) is 5.64. The van der Waals surface area contributed by atoms with Crippen molar-refractivity contribution >= 4 is 9.84 Å². The number of aliphatic hydroxyl groups excluding tert-OH is 1. The fraction of sp³-hybridized carbons (Fsp3) is 1.00. The lowest BCUT2D eigenvalue weighted by molar-refractivity contribution is 0.130. The van der Waals surface area contributed by atoms with E-state index in [1.165, 1.54) is 25.7 Å². The number of sulfone groups is 1. The summed E-state index contributed by atoms with van der Waals surface area (Å²) in [6.07, 6.45) is 6.21. The van der Waals surface area contributed by atoms with Gasteiger partial charge in [-0.15, -0.1) is 0 Å². The molecular weight excluding hydrogens is 236 g/mol. The smallest absolute Gasteiger partial charge is 0.150 e. The van der Waals surface area contributed by atoms with Crippen LogP contribution in [0, 0.1) is 17.8 Å². The molecule has 2 aliphatic carbocycles. The van der Waals surface area contributed by atoms with E-state index in [-0.39, 0.29) is 17.6 Å². The van der Waals surface area contributed by atoms with Crippen molar-refractivity contribution in [3.63, 3.8) is 0 Å². The van der Waals surface area contributed by atoms with Crippen molar-refractivity contribution < 1.29 is 13.5 Å². The van der Waals surface area contributed by atoms with E-state index in [1.807, 2.05) is 0 Å². The van der Waals surface area contributed by atoms with Crippen LogP contribution in [0.2, 0.25) is 0 Å². The zero-order valence-electron chi connectivity index (χ0n) is 10.6. The van der Waals surface area contributed by atoms with Crippen LogP contribution >= 0.6 is 0 Å². The van der Waals surface area contributed by atoms with E-state index >= 15 is 0 Å². The molecule has 0 radical (unpaired) electrons. The zero-order valence-corrected chi connectivity index (χ0v) is 11.5. The van der Waals surface area contributed by atoms with E-state index in [1.54, 1.807) is 6.92 Å². The Balaban J connectivity index is 1.70. The van der Waals surface area contributed by atoms with Gasteiger partial charge in [0, 0.05) is 5.75 Å². The Morgan fingerprint density at radius 2 is 1.82 bits per heavy atom. The average Bonchev–Trinajstić information content (AvgIpc) is 3.03. The second-order valence-corrected chi connectivity index (χ2v) is 8.11. The van der Waals surface area contributed by atoms with Crippen LogP contribution < -0.4 is 0 Å². The predicted octanol–water partition coefficient (Wildman–Crippen LogP) is 2.00. The summed E-state index contributed by atoms with van der Waals surface area (Å²) in [6.45, 7) is 1.68. The Hall–Kier alpha value is -0.0900. The summed E-state index contributed by atoms with van der Waals surface area (Å²) < 4.78 is 22.7. The fourth-order valence-electron chi connectivity index (χ4n) is 3.47. The third-order valence-corrected chi connectivity index (χ3v) is 6.35. The standard InChI is InChI=1S/C13H24O3S/c1-2-17(15,16)9-5-8-12(14)13-10-6-3-4-7-11(10)13/h10-14H,2-9H2,1H3. The molecule has 0 bridgehead atoms. The summed E-state index contributed by atoms with van der Waals surface area (Å²) in [4.78, 5) is 0. The number of aliphatic hydroxyl groups is 1. The van der Waals surface area contributed by atoms with E-state index < -0.39 is 9.84 Å². The van der Waals surface area contributed by atoms with Crippen LogP contribution in [0.1, 0.15) is 45.4 Å². The first-order valence-corrected chi connectivity index (χ1v) is 8.76. The summed E-state index contributed by atoms with van der Waals surface area (Å²) >= 11 is 0. The number of fused-ring (bicyclic) bond motifs is 1. The molecule has 17 heavy (non-hydrogen) atoms. The molecular formula is C13H24O3S. The SMILES string of the molecule is CCS(=O)(=O)CCCC(O)C1C2CCCCC21. The van der Waals surface area contributed by atoms with Crippen molar-refractivity contribution in [2.75, 3.05) is 11.5 Å². The van der Waals surface area contributed by atoms with Crippen molar-refractivity contribution in [3.05, 3.63) is 0 Å². The molecule has 0 heterocycles. The van der Waals surface area contributed by atoms with Gasteiger partial charge in [0.05, 0.1) is 11.9 Å². The van der Waals surface area contributed by atoms with E-state index in [2.05, 4.69) is 0 Å². The number of hydrogen-bond acceptors (Lipinski definition) is 3. The molecule has 0 aliphatic heterocycles. The minimum absolute atomic E-state index is 0.220. The Kier molecular flexibility index (Phi) is 4.14. The molecule has 0 saturated heterocycles. The number of rotatable bonds is 6. The lowest BCUT2D eigenvalue weighted by Crippen LogP contribution is -2.15. The van der Waals surface area contributed by atoms with Crippen LogP contribution in [0.15, 0.2) is 0 Å². The van der Waals surface area contributed by atoms with Gasteiger partial charge in [-0.1, -0.05) is 19.8 Å². The highest BCUT2D eigenvalue weighted by Gasteiger charge is 2.53. The molecule has 0 spiro atoms. The molecule has 100 valence electrons. The number of hydrogen-bond donors (Lipinski definition) is 1. The van der Waals surface area contributed by atoms with Crippen molar-refractivity contribution in [1.29, 1.82) is 0 Å². The third kappa shape index (κ3) is 3.22. The van der Waals surface area contributed by atoms with Gasteiger partial charge in [0.2, 0.25) is 0 Å². The van der Waals surface area contributed by atoms with Crippen LogP contribution in [0.3, 0.4) is 0 Å². The van der Waals surface area contributed by atoms with Crippen molar-refractivity contribution in [2.45, 2.75) is 51.6 Å². The van der Waals surface area contributed by atoms with Gasteiger partial charge in [0.1, 0.15) is 9.84 Å². The third-order valence-electron chi connectivity index (χ3n) is 4.56. The average molecular weight is 260 g/mol. The Bertz CT molecular complexity index is 338. The quantitative estimate of drug-likeness (QED) is 0.794. The molecule has 4 heteroatoms. The summed E-state index contributed by atoms with van der Waals surface area (Å²) in [6, 6.07) is 0. The highest BCUT2D eigenvalue weighted by Crippen LogP contribution is 2.57. The van der Waals surface area contributed by atoms with Crippen LogP contribution in [-0.4, -0.2) is 31.1 Å². The fourth-order valence-corrected chi connectivity index (χ4v) is 4.36. The predicted molar refractivity (Wildman–Crippen MR) is 68.5 cm³/mol. The largest absolute Gasteiger partial charge is 0.393 e. The molecule has 0 amide bonds. The van der Waals surface area contributed by atoms with E-state index in [0.717, 1.165) is 11.8 Å². The molecule has 3 atom stereocenters. The highest BCUT2D eigenvalue weighted by molar-refractivity contribution is 7.91. The molecule has 0 aromatic carbocycles. The van der Waals surface area contributed by atoms with E-state index in [9.17, 15) is 13.5 Å². The Labute approximate surface area is 105 Å². The van der Waals surface area contributed by atoms with Crippen molar-refractivity contribution in [3.8, 4) is 0 Å². The molecule has 3 nitrogen and oxygen atoms in total. The van der Waals surface area contributed by atoms with Crippen LogP contribution in [0.25, 0.3) is 0 Å².